The molecule has 0 atom stereocenters. The summed E-state index contributed by atoms with van der Waals surface area (Å²) in [6, 6.07) is 6.24. The Labute approximate surface area is 142 Å². The van der Waals surface area contributed by atoms with Crippen LogP contribution in [0.5, 0.6) is 0 Å². The van der Waals surface area contributed by atoms with Gasteiger partial charge in [-0.05, 0) is 56.1 Å². The Morgan fingerprint density at radius 2 is 2.00 bits per heavy atom. The number of hydrogen-bond donors (Lipinski definition) is 2. The normalized spacial score (nSPS) is 11.6. The molecular formula is C11H8Br2ClNO3S2. The number of sulfonamides is 1. The molecule has 1 aromatic heterocycles. The Morgan fingerprint density at radius 3 is 2.60 bits per heavy atom. The SMILES string of the molecule is O=S(=O)(Nc1cc(Cl)ccc1Br)c1cc(CO)sc1Br. The number of aliphatic hydroxyl groups excluding tert-OH is 1. The maximum atomic E-state index is 12.3. The van der Waals surface area contributed by atoms with Crippen molar-refractivity contribution in [2.45, 2.75) is 11.5 Å². The van der Waals surface area contributed by atoms with Gasteiger partial charge in [-0.25, -0.2) is 8.42 Å². The van der Waals surface area contributed by atoms with Crippen LogP contribution in [0.4, 0.5) is 5.69 Å². The molecule has 0 saturated heterocycles. The first-order valence-corrected chi connectivity index (χ1v) is 9.47. The molecule has 0 radical (unpaired) electrons. The number of thiophene rings is 1. The fraction of sp³-hybridized carbons (Fsp3) is 0.0909. The highest BCUT2D eigenvalue weighted by Gasteiger charge is 2.21. The predicted molar refractivity (Wildman–Crippen MR) is 87.9 cm³/mol. The molecule has 2 aromatic rings. The third kappa shape index (κ3) is 3.55. The van der Waals surface area contributed by atoms with E-state index in [1.807, 2.05) is 0 Å². The summed E-state index contributed by atoms with van der Waals surface area (Å²) in [5.74, 6) is 0. The van der Waals surface area contributed by atoms with E-state index in [-0.39, 0.29) is 11.5 Å². The summed E-state index contributed by atoms with van der Waals surface area (Å²) in [6.45, 7) is -0.209. The van der Waals surface area contributed by atoms with Crippen LogP contribution in [0.25, 0.3) is 0 Å². The van der Waals surface area contributed by atoms with E-state index in [9.17, 15) is 8.42 Å². The second-order valence-corrected chi connectivity index (χ2v) is 9.13. The topological polar surface area (TPSA) is 66.4 Å². The summed E-state index contributed by atoms with van der Waals surface area (Å²) < 4.78 is 28.1. The summed E-state index contributed by atoms with van der Waals surface area (Å²) in [4.78, 5) is 0.640. The minimum Gasteiger partial charge on any atom is -0.391 e. The summed E-state index contributed by atoms with van der Waals surface area (Å²) in [5, 5.41) is 9.48. The summed E-state index contributed by atoms with van der Waals surface area (Å²) in [5.41, 5.74) is 0.348. The molecule has 9 heteroatoms. The van der Waals surface area contributed by atoms with E-state index in [4.69, 9.17) is 16.7 Å². The van der Waals surface area contributed by atoms with Gasteiger partial charge in [0.25, 0.3) is 10.0 Å². The molecule has 108 valence electrons. The van der Waals surface area contributed by atoms with Gasteiger partial charge < -0.3 is 5.11 Å². The molecule has 4 nitrogen and oxygen atoms in total. The number of nitrogens with one attached hydrogen (secondary N) is 1. The minimum atomic E-state index is -3.76. The fourth-order valence-electron chi connectivity index (χ4n) is 1.43. The van der Waals surface area contributed by atoms with Gasteiger partial charge in [-0.15, -0.1) is 11.3 Å². The van der Waals surface area contributed by atoms with Crippen molar-refractivity contribution in [1.82, 2.24) is 0 Å². The molecule has 0 spiro atoms. The van der Waals surface area contributed by atoms with Crippen LogP contribution in [0.2, 0.25) is 5.02 Å². The molecule has 0 aliphatic heterocycles. The molecule has 0 unspecified atom stereocenters. The fourth-order valence-corrected chi connectivity index (χ4v) is 5.70. The molecule has 0 aliphatic carbocycles. The largest absolute Gasteiger partial charge is 0.391 e. The van der Waals surface area contributed by atoms with Crippen LogP contribution in [0.1, 0.15) is 4.88 Å². The van der Waals surface area contributed by atoms with Gasteiger partial charge in [-0.3, -0.25) is 4.72 Å². The number of anilines is 1. The van der Waals surface area contributed by atoms with Gasteiger partial charge in [0, 0.05) is 14.4 Å². The van der Waals surface area contributed by atoms with E-state index in [1.54, 1.807) is 12.1 Å². The lowest BCUT2D eigenvalue weighted by Gasteiger charge is -2.09. The molecule has 2 rings (SSSR count). The maximum Gasteiger partial charge on any atom is 0.263 e. The van der Waals surface area contributed by atoms with Crippen LogP contribution in [-0.4, -0.2) is 13.5 Å². The van der Waals surface area contributed by atoms with Crippen molar-refractivity contribution in [3.63, 3.8) is 0 Å². The molecule has 0 fully saturated rings. The number of rotatable bonds is 4. The average Bonchev–Trinajstić information content (AvgIpc) is 2.76. The van der Waals surface area contributed by atoms with Crippen molar-refractivity contribution in [3.05, 3.63) is 42.4 Å². The van der Waals surface area contributed by atoms with Gasteiger partial charge >= 0.3 is 0 Å². The van der Waals surface area contributed by atoms with Gasteiger partial charge in [0.05, 0.1) is 16.1 Å². The number of aliphatic hydroxyl groups is 1. The quantitative estimate of drug-likeness (QED) is 0.717. The van der Waals surface area contributed by atoms with Gasteiger partial charge in [0.1, 0.15) is 4.90 Å². The standard InChI is InChI=1S/C11H8Br2ClNO3S2/c12-8-2-1-6(14)3-9(8)15-20(17,18)10-4-7(5-16)19-11(10)13/h1-4,15-16H,5H2. The van der Waals surface area contributed by atoms with Crippen LogP contribution < -0.4 is 4.72 Å². The zero-order valence-corrected chi connectivity index (χ0v) is 15.3. The first-order valence-electron chi connectivity index (χ1n) is 5.20. The zero-order valence-electron chi connectivity index (χ0n) is 9.73. The van der Waals surface area contributed by atoms with Crippen LogP contribution in [0, 0.1) is 0 Å². The maximum absolute atomic E-state index is 12.3. The summed E-state index contributed by atoms with van der Waals surface area (Å²) >= 11 is 13.5. The monoisotopic (exact) mass is 459 g/mol. The lowest BCUT2D eigenvalue weighted by molar-refractivity contribution is 0.285. The Morgan fingerprint density at radius 1 is 1.30 bits per heavy atom. The highest BCUT2D eigenvalue weighted by atomic mass is 79.9. The van der Waals surface area contributed by atoms with E-state index in [0.29, 0.717) is 23.8 Å². The van der Waals surface area contributed by atoms with Crippen LogP contribution in [-0.2, 0) is 16.6 Å². The predicted octanol–water partition coefficient (Wildman–Crippen LogP) is 4.22. The molecule has 1 heterocycles. The first-order chi connectivity index (χ1) is 9.33. The van der Waals surface area contributed by atoms with Crippen LogP contribution in [0.15, 0.2) is 37.4 Å². The van der Waals surface area contributed by atoms with E-state index in [1.165, 1.54) is 23.5 Å². The van der Waals surface area contributed by atoms with Crippen molar-refractivity contribution in [2.75, 3.05) is 4.72 Å². The molecule has 0 aliphatic rings. The molecular weight excluding hydrogens is 454 g/mol. The van der Waals surface area contributed by atoms with E-state index in [0.717, 1.165) is 0 Å². The Kier molecular flexibility index (Phi) is 5.14. The molecule has 20 heavy (non-hydrogen) atoms. The molecule has 1 aromatic carbocycles. The van der Waals surface area contributed by atoms with Crippen molar-refractivity contribution < 1.29 is 13.5 Å². The van der Waals surface area contributed by atoms with E-state index < -0.39 is 10.0 Å². The number of halogens is 3. The molecule has 2 N–H and O–H groups in total. The zero-order chi connectivity index (χ0) is 14.9. The van der Waals surface area contributed by atoms with Crippen LogP contribution in [0.3, 0.4) is 0 Å². The number of hydrogen-bond acceptors (Lipinski definition) is 4. The minimum absolute atomic E-state index is 0.0819. The number of benzene rings is 1. The van der Waals surface area contributed by atoms with Crippen molar-refractivity contribution >= 4 is 70.5 Å². The van der Waals surface area contributed by atoms with Crippen molar-refractivity contribution in [3.8, 4) is 0 Å². The lowest BCUT2D eigenvalue weighted by Crippen LogP contribution is -2.13. The van der Waals surface area contributed by atoms with Crippen molar-refractivity contribution in [2.24, 2.45) is 0 Å². The van der Waals surface area contributed by atoms with Gasteiger partial charge in [0.2, 0.25) is 0 Å². The second-order valence-electron chi connectivity index (χ2n) is 3.74. The highest BCUT2D eigenvalue weighted by Crippen LogP contribution is 2.34. The highest BCUT2D eigenvalue weighted by molar-refractivity contribution is 9.11. The van der Waals surface area contributed by atoms with Gasteiger partial charge in [-0.1, -0.05) is 11.6 Å². The second kappa shape index (κ2) is 6.33. The Hall–Kier alpha value is -0.120. The Balaban J connectivity index is 2.40. The van der Waals surface area contributed by atoms with Gasteiger partial charge in [-0.2, -0.15) is 0 Å². The average molecular weight is 462 g/mol. The molecule has 0 saturated carbocycles. The van der Waals surface area contributed by atoms with E-state index in [2.05, 4.69) is 36.6 Å². The lowest BCUT2D eigenvalue weighted by atomic mass is 10.3. The first kappa shape index (κ1) is 16.3. The van der Waals surface area contributed by atoms with Crippen molar-refractivity contribution in [1.29, 1.82) is 0 Å². The third-order valence-electron chi connectivity index (χ3n) is 2.32. The summed E-state index contributed by atoms with van der Waals surface area (Å²) in [6.07, 6.45) is 0. The van der Waals surface area contributed by atoms with E-state index >= 15 is 0 Å². The Bertz CT molecular complexity index is 746. The molecule has 0 bridgehead atoms. The smallest absolute Gasteiger partial charge is 0.263 e. The van der Waals surface area contributed by atoms with Crippen LogP contribution >= 0.6 is 54.8 Å². The van der Waals surface area contributed by atoms with Gasteiger partial charge in [0.15, 0.2) is 0 Å². The molecule has 0 amide bonds. The summed E-state index contributed by atoms with van der Waals surface area (Å²) in [7, 11) is -3.76. The third-order valence-corrected chi connectivity index (χ3v) is 6.85.